The van der Waals surface area contributed by atoms with Crippen molar-refractivity contribution < 1.29 is 23.8 Å². The average molecular weight is 505 g/mol. The number of nitrogens with zero attached hydrogens (tertiary/aromatic N) is 2. The summed E-state index contributed by atoms with van der Waals surface area (Å²) in [5.41, 5.74) is 4.06. The van der Waals surface area contributed by atoms with Gasteiger partial charge in [-0.25, -0.2) is 9.07 Å². The lowest BCUT2D eigenvalue weighted by Crippen LogP contribution is -2.15. The molecule has 5 rings (SSSR count). The van der Waals surface area contributed by atoms with Crippen LogP contribution in [-0.4, -0.2) is 28.0 Å². The fourth-order valence-corrected chi connectivity index (χ4v) is 5.38. The van der Waals surface area contributed by atoms with Gasteiger partial charge in [0.1, 0.15) is 29.6 Å². The van der Waals surface area contributed by atoms with E-state index in [0.29, 0.717) is 23.1 Å². The summed E-state index contributed by atoms with van der Waals surface area (Å²) in [6.07, 6.45) is 8.16. The van der Waals surface area contributed by atoms with Crippen molar-refractivity contribution in [1.29, 1.82) is 0 Å². The lowest BCUT2D eigenvalue weighted by molar-refractivity contribution is -0.137. The van der Waals surface area contributed by atoms with Gasteiger partial charge in [-0.3, -0.25) is 4.79 Å². The summed E-state index contributed by atoms with van der Waals surface area (Å²) in [5, 5.41) is 14.0. The number of aliphatic carboxylic acids is 1. The Morgan fingerprint density at radius 3 is 2.70 bits per heavy atom. The molecule has 1 saturated carbocycles. The number of carbonyl (C=O) groups is 1. The maximum absolute atomic E-state index is 15.0. The van der Waals surface area contributed by atoms with Gasteiger partial charge in [0.15, 0.2) is 0 Å². The maximum Gasteiger partial charge on any atom is 0.303 e. The number of benzene rings is 2. The molecule has 0 spiro atoms. The molecule has 1 atom stereocenters. The van der Waals surface area contributed by atoms with E-state index in [-0.39, 0.29) is 30.2 Å². The first kappa shape index (κ1) is 25.1. The van der Waals surface area contributed by atoms with E-state index < -0.39 is 5.97 Å². The predicted molar refractivity (Wildman–Crippen MR) is 140 cm³/mol. The van der Waals surface area contributed by atoms with Crippen LogP contribution in [0, 0.1) is 17.2 Å². The second kappa shape index (κ2) is 10.0. The van der Waals surface area contributed by atoms with E-state index in [2.05, 4.69) is 25.0 Å². The van der Waals surface area contributed by atoms with E-state index in [9.17, 15) is 14.3 Å². The average Bonchev–Trinajstić information content (AvgIpc) is 3.54. The fourth-order valence-electron chi connectivity index (χ4n) is 5.38. The van der Waals surface area contributed by atoms with Crippen LogP contribution < -0.4 is 9.47 Å². The topological polar surface area (TPSA) is 73.6 Å². The van der Waals surface area contributed by atoms with E-state index in [1.807, 2.05) is 24.3 Å². The Balaban J connectivity index is 1.47. The molecule has 0 radical (unpaired) electrons. The number of rotatable bonds is 10. The minimum atomic E-state index is -0.780. The number of ether oxygens (including phenoxy) is 2. The molecule has 1 fully saturated rings. The number of aromatic nitrogens is 2. The highest BCUT2D eigenvalue weighted by Gasteiger charge is 2.35. The van der Waals surface area contributed by atoms with Crippen molar-refractivity contribution in [3.05, 3.63) is 77.4 Å². The molecule has 2 aliphatic rings. The molecule has 2 aromatic carbocycles. The molecule has 2 aliphatic carbocycles. The summed E-state index contributed by atoms with van der Waals surface area (Å²) in [6, 6.07) is 12.4. The summed E-state index contributed by atoms with van der Waals surface area (Å²) < 4.78 is 28.2. The van der Waals surface area contributed by atoms with Crippen LogP contribution >= 0.6 is 0 Å². The van der Waals surface area contributed by atoms with Crippen molar-refractivity contribution in [1.82, 2.24) is 9.78 Å². The standard InChI is InChI=1S/C30H33FN2O4/c1-30(2)13-5-8-25(30)29-21(17-32-33(29)27-15-22(36-3)11-12-26(27)31)18-37-23-7-4-6-20(14-23)24(16-28(34)35)19-9-10-19/h4,6-8,11-12,14-15,17,19,24H,5,9-10,13,16,18H2,1-3H3,(H,34,35)/t24-/m0/s1. The van der Waals surface area contributed by atoms with Gasteiger partial charge in [-0.05, 0) is 78.3 Å². The smallest absolute Gasteiger partial charge is 0.303 e. The van der Waals surface area contributed by atoms with Gasteiger partial charge in [0.25, 0.3) is 0 Å². The van der Waals surface area contributed by atoms with Crippen molar-refractivity contribution in [2.75, 3.05) is 7.11 Å². The van der Waals surface area contributed by atoms with Crippen LogP contribution in [0.5, 0.6) is 11.5 Å². The first-order valence-corrected chi connectivity index (χ1v) is 12.8. The number of hydrogen-bond acceptors (Lipinski definition) is 4. The van der Waals surface area contributed by atoms with Crippen LogP contribution in [0.15, 0.2) is 54.7 Å². The molecule has 37 heavy (non-hydrogen) atoms. The first-order chi connectivity index (χ1) is 17.8. The van der Waals surface area contributed by atoms with E-state index in [1.54, 1.807) is 30.1 Å². The first-order valence-electron chi connectivity index (χ1n) is 12.8. The SMILES string of the molecule is COc1ccc(F)c(-n2ncc(COc3cccc([C@@H](CC(=O)O)C4CC4)c3)c2C2=CCCC2(C)C)c1. The van der Waals surface area contributed by atoms with Crippen LogP contribution in [-0.2, 0) is 11.4 Å². The Bertz CT molecular complexity index is 1340. The normalized spacial score (nSPS) is 17.4. The highest BCUT2D eigenvalue weighted by atomic mass is 19.1. The summed E-state index contributed by atoms with van der Waals surface area (Å²) in [6.45, 7) is 4.64. The lowest BCUT2D eigenvalue weighted by Gasteiger charge is -2.24. The number of allylic oxidation sites excluding steroid dienone is 2. The van der Waals surface area contributed by atoms with E-state index in [0.717, 1.165) is 48.1 Å². The zero-order valence-corrected chi connectivity index (χ0v) is 21.5. The number of carboxylic acid groups (broad SMARTS) is 1. The molecule has 3 aromatic rings. The van der Waals surface area contributed by atoms with Gasteiger partial charge in [-0.15, -0.1) is 0 Å². The van der Waals surface area contributed by atoms with E-state index in [1.165, 1.54) is 6.07 Å². The monoisotopic (exact) mass is 504 g/mol. The van der Waals surface area contributed by atoms with Crippen LogP contribution in [0.25, 0.3) is 11.3 Å². The number of halogens is 1. The lowest BCUT2D eigenvalue weighted by atomic mass is 9.83. The molecule has 7 heteroatoms. The second-order valence-corrected chi connectivity index (χ2v) is 10.7. The highest BCUT2D eigenvalue weighted by Crippen LogP contribution is 2.47. The van der Waals surface area contributed by atoms with Crippen LogP contribution in [0.1, 0.15) is 68.7 Å². The summed E-state index contributed by atoms with van der Waals surface area (Å²) in [7, 11) is 1.56. The molecular formula is C30H33FN2O4. The van der Waals surface area contributed by atoms with Crippen LogP contribution in [0.3, 0.4) is 0 Å². The van der Waals surface area contributed by atoms with Crippen molar-refractivity contribution >= 4 is 11.5 Å². The fraction of sp³-hybridized carbons (Fsp3) is 0.400. The largest absolute Gasteiger partial charge is 0.497 e. The molecule has 194 valence electrons. The summed E-state index contributed by atoms with van der Waals surface area (Å²) in [5.74, 6) is 0.493. The zero-order chi connectivity index (χ0) is 26.2. The summed E-state index contributed by atoms with van der Waals surface area (Å²) >= 11 is 0. The molecule has 0 amide bonds. The second-order valence-electron chi connectivity index (χ2n) is 10.7. The Morgan fingerprint density at radius 2 is 2.03 bits per heavy atom. The molecule has 0 bridgehead atoms. The Kier molecular flexibility index (Phi) is 6.80. The van der Waals surface area contributed by atoms with Crippen molar-refractivity contribution in [2.45, 2.75) is 58.5 Å². The number of methoxy groups -OCH3 is 1. The highest BCUT2D eigenvalue weighted by molar-refractivity contribution is 5.73. The molecule has 1 heterocycles. The minimum absolute atomic E-state index is 0.000147. The number of carboxylic acids is 1. The Labute approximate surface area is 216 Å². The third-order valence-electron chi connectivity index (χ3n) is 7.59. The van der Waals surface area contributed by atoms with Crippen molar-refractivity contribution in [3.63, 3.8) is 0 Å². The Morgan fingerprint density at radius 1 is 1.22 bits per heavy atom. The van der Waals surface area contributed by atoms with Gasteiger partial charge in [-0.1, -0.05) is 32.1 Å². The van der Waals surface area contributed by atoms with Crippen LogP contribution in [0.2, 0.25) is 0 Å². The predicted octanol–water partition coefficient (Wildman–Crippen LogP) is 6.77. The van der Waals surface area contributed by atoms with Crippen LogP contribution in [0.4, 0.5) is 4.39 Å². The van der Waals surface area contributed by atoms with Gasteiger partial charge in [0.05, 0.1) is 25.4 Å². The summed E-state index contributed by atoms with van der Waals surface area (Å²) in [4.78, 5) is 11.4. The molecule has 0 aliphatic heterocycles. The van der Waals surface area contributed by atoms with Gasteiger partial charge in [-0.2, -0.15) is 5.10 Å². The molecule has 0 saturated heterocycles. The third-order valence-corrected chi connectivity index (χ3v) is 7.59. The molecule has 1 aromatic heterocycles. The number of hydrogen-bond donors (Lipinski definition) is 1. The Hall–Kier alpha value is -3.61. The minimum Gasteiger partial charge on any atom is -0.497 e. The maximum atomic E-state index is 15.0. The van der Waals surface area contributed by atoms with Gasteiger partial charge < -0.3 is 14.6 Å². The molecule has 0 unspecified atom stereocenters. The third kappa shape index (κ3) is 5.26. The zero-order valence-electron chi connectivity index (χ0n) is 21.5. The van der Waals surface area contributed by atoms with E-state index in [4.69, 9.17) is 9.47 Å². The molecule has 1 N–H and O–H groups in total. The molecular weight excluding hydrogens is 471 g/mol. The van der Waals surface area contributed by atoms with E-state index >= 15 is 0 Å². The van der Waals surface area contributed by atoms with Gasteiger partial charge in [0, 0.05) is 11.6 Å². The van der Waals surface area contributed by atoms with Gasteiger partial charge in [0.2, 0.25) is 0 Å². The van der Waals surface area contributed by atoms with Gasteiger partial charge >= 0.3 is 5.97 Å². The quantitative estimate of drug-likeness (QED) is 0.330. The van der Waals surface area contributed by atoms with Crippen molar-refractivity contribution in [3.8, 4) is 17.2 Å². The van der Waals surface area contributed by atoms with Crippen molar-refractivity contribution in [2.24, 2.45) is 11.3 Å². The molecule has 6 nitrogen and oxygen atoms in total.